The topological polar surface area (TPSA) is 30.5 Å². The summed E-state index contributed by atoms with van der Waals surface area (Å²) in [4.78, 5) is 0. The molecule has 0 aliphatic rings. The number of benzene rings is 1. The summed E-state index contributed by atoms with van der Waals surface area (Å²) in [5.41, 5.74) is 2.39. The molecule has 3 nitrogen and oxygen atoms in total. The van der Waals surface area contributed by atoms with Gasteiger partial charge in [0.1, 0.15) is 0 Å². The Morgan fingerprint density at radius 3 is 2.60 bits per heavy atom. The molecule has 0 aliphatic carbocycles. The van der Waals surface area contributed by atoms with Gasteiger partial charge in [0.05, 0.1) is 0 Å². The van der Waals surface area contributed by atoms with Gasteiger partial charge >= 0.3 is 131 Å². The van der Waals surface area contributed by atoms with E-state index < -0.39 is 0 Å². The second-order valence-corrected chi connectivity index (χ2v) is 6.32. The number of aryl methyl sites for hydroxylation is 1. The first-order valence-electron chi connectivity index (χ1n) is 7.03. The summed E-state index contributed by atoms with van der Waals surface area (Å²) in [5, 5.41) is 3.20. The van der Waals surface area contributed by atoms with E-state index in [9.17, 15) is 0 Å². The zero-order chi connectivity index (χ0) is 15.2. The predicted octanol–water partition coefficient (Wildman–Crippen LogP) is 2.98. The van der Waals surface area contributed by atoms with Gasteiger partial charge < -0.3 is 0 Å². The van der Waals surface area contributed by atoms with E-state index in [1.165, 1.54) is 11.1 Å². The van der Waals surface area contributed by atoms with Crippen molar-refractivity contribution in [1.82, 2.24) is 5.32 Å². The van der Waals surface area contributed by atoms with E-state index in [1.807, 2.05) is 32.9 Å². The molecule has 20 heavy (non-hydrogen) atoms. The third-order valence-electron chi connectivity index (χ3n) is 2.82. The third-order valence-corrected chi connectivity index (χ3v) is 3.21. The average molecular weight is 314 g/mol. The van der Waals surface area contributed by atoms with Crippen molar-refractivity contribution in [3.63, 3.8) is 0 Å². The Hall–Kier alpha value is -0.606. The van der Waals surface area contributed by atoms with Crippen LogP contribution in [0.25, 0.3) is 0 Å². The van der Waals surface area contributed by atoms with Gasteiger partial charge in [-0.3, -0.25) is 0 Å². The zero-order valence-electron chi connectivity index (χ0n) is 13.1. The molecule has 1 rings (SSSR count). The van der Waals surface area contributed by atoms with E-state index in [2.05, 4.69) is 42.2 Å². The molecule has 0 heterocycles. The van der Waals surface area contributed by atoms with Crippen LogP contribution in [0.2, 0.25) is 0 Å². The van der Waals surface area contributed by atoms with Gasteiger partial charge in [-0.15, -0.1) is 0 Å². The van der Waals surface area contributed by atoms with E-state index in [4.69, 9.17) is 9.47 Å². The first-order valence-corrected chi connectivity index (χ1v) is 7.73. The molecular formula is C16H25NO2V. The van der Waals surface area contributed by atoms with Crippen LogP contribution in [0.15, 0.2) is 18.2 Å². The summed E-state index contributed by atoms with van der Waals surface area (Å²) < 4.78 is 12.3. The van der Waals surface area contributed by atoms with Crippen molar-refractivity contribution in [1.29, 1.82) is 0 Å². The van der Waals surface area contributed by atoms with Crippen molar-refractivity contribution in [2.45, 2.75) is 46.6 Å². The minimum atomic E-state index is -0.178. The fourth-order valence-corrected chi connectivity index (χ4v) is 2.45. The van der Waals surface area contributed by atoms with Crippen LogP contribution >= 0.6 is 0 Å². The van der Waals surface area contributed by atoms with Crippen LogP contribution in [0.4, 0.5) is 0 Å². The molecule has 0 amide bonds. The van der Waals surface area contributed by atoms with Crippen molar-refractivity contribution in [2.24, 2.45) is 0 Å². The predicted molar refractivity (Wildman–Crippen MR) is 79.9 cm³/mol. The molecule has 0 unspecified atom stereocenters. The van der Waals surface area contributed by atoms with Crippen LogP contribution in [-0.4, -0.2) is 23.3 Å². The molecule has 0 spiro atoms. The Morgan fingerprint density at radius 1 is 1.30 bits per heavy atom. The molecule has 0 atom stereocenters. The number of rotatable bonds is 7. The molecule has 111 valence electrons. The third kappa shape index (κ3) is 6.23. The minimum absolute atomic E-state index is 0.178. The Labute approximate surface area is 131 Å². The maximum absolute atomic E-state index is 5.82. The maximum atomic E-state index is 5.82. The van der Waals surface area contributed by atoms with Gasteiger partial charge in [0.15, 0.2) is 0 Å². The van der Waals surface area contributed by atoms with E-state index in [0.29, 0.717) is 6.61 Å². The van der Waals surface area contributed by atoms with Crippen LogP contribution in [0, 0.1) is 6.92 Å². The summed E-state index contributed by atoms with van der Waals surface area (Å²) in [6.07, 6.45) is 1.03. The first kappa shape index (κ1) is 17.4. The summed E-state index contributed by atoms with van der Waals surface area (Å²) >= 11 is 2.41. The van der Waals surface area contributed by atoms with Gasteiger partial charge in [0, 0.05) is 0 Å². The molecule has 0 saturated heterocycles. The molecule has 1 aromatic carbocycles. The van der Waals surface area contributed by atoms with Crippen molar-refractivity contribution >= 4 is 4.54 Å². The van der Waals surface area contributed by atoms with Crippen LogP contribution in [0.5, 0.6) is 5.75 Å². The Balaban J connectivity index is 2.37. The molecule has 0 radical (unpaired) electrons. The summed E-state index contributed by atoms with van der Waals surface area (Å²) in [7, 11) is 0. The summed E-state index contributed by atoms with van der Waals surface area (Å²) in [6.45, 7) is 11.7. The number of nitrogens with one attached hydrogen (secondary N) is 1. The molecule has 0 aromatic heterocycles. The Morgan fingerprint density at radius 2 is 2.00 bits per heavy atom. The van der Waals surface area contributed by atoms with Gasteiger partial charge in [0.25, 0.3) is 0 Å². The van der Waals surface area contributed by atoms with E-state index >= 15 is 0 Å². The average Bonchev–Trinajstić information content (AvgIpc) is 2.34. The quantitative estimate of drug-likeness (QED) is 0.785. The van der Waals surface area contributed by atoms with Crippen LogP contribution in [0.3, 0.4) is 0 Å². The molecule has 0 saturated carbocycles. The van der Waals surface area contributed by atoms with Crippen molar-refractivity contribution < 1.29 is 26.5 Å². The summed E-state index contributed by atoms with van der Waals surface area (Å²) in [5.74, 6) is 0.968. The molecule has 1 aromatic rings. The fourth-order valence-electron chi connectivity index (χ4n) is 1.84. The van der Waals surface area contributed by atoms with Crippen LogP contribution in [0.1, 0.15) is 38.8 Å². The molecule has 4 heteroatoms. The molecule has 0 aliphatic heterocycles. The number of hydrogen-bond donors (Lipinski definition) is 1. The molecule has 1 N–H and O–H groups in total. The van der Waals surface area contributed by atoms with Gasteiger partial charge in [-0.1, -0.05) is 0 Å². The van der Waals surface area contributed by atoms with E-state index in [1.54, 1.807) is 0 Å². The molecule has 0 bridgehead atoms. The number of hydrogen-bond acceptors (Lipinski definition) is 3. The van der Waals surface area contributed by atoms with Gasteiger partial charge in [0.2, 0.25) is 0 Å². The standard InChI is InChI=1S/C16H25NO2.V/c1-6-14-8-7-9-15(13(14)2)18-11-10-17-12-19-16(3,4)5;/h7-9,17H,6,10-11H2,1-5H3;. The zero-order valence-corrected chi connectivity index (χ0v) is 14.5. The van der Waals surface area contributed by atoms with Crippen molar-refractivity contribution in [2.75, 3.05) is 13.2 Å². The van der Waals surface area contributed by atoms with Crippen molar-refractivity contribution in [3.05, 3.63) is 29.3 Å². The number of ether oxygens (including phenoxy) is 2. The fraction of sp³-hybridized carbons (Fsp3) is 0.562. The van der Waals surface area contributed by atoms with E-state index in [0.717, 1.165) is 23.3 Å². The van der Waals surface area contributed by atoms with Crippen LogP contribution in [-0.2, 0) is 28.1 Å². The summed E-state index contributed by atoms with van der Waals surface area (Å²) in [6, 6.07) is 6.21. The van der Waals surface area contributed by atoms with Gasteiger partial charge in [-0.25, -0.2) is 0 Å². The normalized spacial score (nSPS) is 11.4. The van der Waals surface area contributed by atoms with E-state index in [-0.39, 0.29) is 5.60 Å². The molecule has 0 fully saturated rings. The monoisotopic (exact) mass is 314 g/mol. The van der Waals surface area contributed by atoms with Crippen LogP contribution < -0.4 is 10.1 Å². The molecular weight excluding hydrogens is 289 g/mol. The first-order chi connectivity index (χ1) is 9.33. The second-order valence-electron chi connectivity index (χ2n) is 5.69. The Kier molecular flexibility index (Phi) is 6.97. The second kappa shape index (κ2) is 7.99. The van der Waals surface area contributed by atoms with Gasteiger partial charge in [-0.05, 0) is 0 Å². The van der Waals surface area contributed by atoms with Crippen molar-refractivity contribution in [3.8, 4) is 5.75 Å². The SMILES string of the molecule is CCc1cccc(OCCN[C](=[V])OC(C)(C)C)c1C. The Bertz CT molecular complexity index is 452. The van der Waals surface area contributed by atoms with Gasteiger partial charge in [-0.2, -0.15) is 0 Å².